The van der Waals surface area contributed by atoms with Gasteiger partial charge < -0.3 is 15.0 Å². The van der Waals surface area contributed by atoms with E-state index in [9.17, 15) is 18.0 Å². The first kappa shape index (κ1) is 17.3. The summed E-state index contributed by atoms with van der Waals surface area (Å²) in [6, 6.07) is 3.52. The summed E-state index contributed by atoms with van der Waals surface area (Å²) < 4.78 is 43.7. The number of ether oxygens (including phenoxy) is 1. The summed E-state index contributed by atoms with van der Waals surface area (Å²) in [7, 11) is 4.51. The maximum atomic E-state index is 12.9. The van der Waals surface area contributed by atoms with Crippen LogP contribution in [0, 0.1) is 0 Å². The zero-order chi connectivity index (χ0) is 16.0. The molecular formula is C14H19F3N2O2. The Morgan fingerprint density at radius 1 is 1.38 bits per heavy atom. The van der Waals surface area contributed by atoms with Crippen molar-refractivity contribution in [2.24, 2.45) is 0 Å². The third-order valence-corrected chi connectivity index (χ3v) is 3.03. The monoisotopic (exact) mass is 304 g/mol. The van der Waals surface area contributed by atoms with Gasteiger partial charge in [0.25, 0.3) is 5.91 Å². The van der Waals surface area contributed by atoms with Crippen LogP contribution in [0.5, 0.6) is 0 Å². The van der Waals surface area contributed by atoms with E-state index < -0.39 is 17.6 Å². The molecule has 7 heteroatoms. The normalized spacial score (nSPS) is 11.3. The molecule has 0 spiro atoms. The molecule has 0 unspecified atom stereocenters. The molecule has 0 atom stereocenters. The van der Waals surface area contributed by atoms with Gasteiger partial charge in [0.1, 0.15) is 0 Å². The molecule has 1 aromatic rings. The number of hydrogen-bond acceptors (Lipinski definition) is 3. The number of carbonyl (C=O) groups excluding carboxylic acids is 1. The summed E-state index contributed by atoms with van der Waals surface area (Å²) in [6.07, 6.45) is -3.89. The van der Waals surface area contributed by atoms with E-state index in [0.29, 0.717) is 19.6 Å². The van der Waals surface area contributed by atoms with Crippen molar-refractivity contribution in [3.05, 3.63) is 29.3 Å². The summed E-state index contributed by atoms with van der Waals surface area (Å²) in [5, 5.41) is 2.48. The second-order valence-electron chi connectivity index (χ2n) is 4.58. The van der Waals surface area contributed by atoms with Crippen LogP contribution >= 0.6 is 0 Å². The third kappa shape index (κ3) is 4.63. The van der Waals surface area contributed by atoms with Crippen molar-refractivity contribution in [2.45, 2.75) is 12.6 Å². The summed E-state index contributed by atoms with van der Waals surface area (Å²) in [5.74, 6) is -0.445. The van der Waals surface area contributed by atoms with Gasteiger partial charge in [-0.2, -0.15) is 13.2 Å². The highest BCUT2D eigenvalue weighted by molar-refractivity contribution is 5.94. The highest BCUT2D eigenvalue weighted by Crippen LogP contribution is 2.35. The van der Waals surface area contributed by atoms with E-state index in [1.807, 2.05) is 0 Å². The molecule has 4 nitrogen and oxygen atoms in total. The molecule has 1 amide bonds. The number of nitrogens with zero attached hydrogens (tertiary/aromatic N) is 1. The second-order valence-corrected chi connectivity index (χ2v) is 4.58. The lowest BCUT2D eigenvalue weighted by Gasteiger charge is -2.19. The van der Waals surface area contributed by atoms with Crippen molar-refractivity contribution in [2.75, 3.05) is 39.7 Å². The maximum Gasteiger partial charge on any atom is 0.418 e. The number of benzene rings is 1. The van der Waals surface area contributed by atoms with Crippen LogP contribution in [0.2, 0.25) is 0 Å². The minimum atomic E-state index is -4.51. The zero-order valence-electron chi connectivity index (χ0n) is 12.3. The number of rotatable bonds is 6. The summed E-state index contributed by atoms with van der Waals surface area (Å²) in [5.41, 5.74) is -0.886. The predicted molar refractivity (Wildman–Crippen MR) is 74.4 cm³/mol. The van der Waals surface area contributed by atoms with E-state index in [-0.39, 0.29) is 11.3 Å². The quantitative estimate of drug-likeness (QED) is 0.822. The van der Waals surface area contributed by atoms with Crippen LogP contribution in [0.4, 0.5) is 18.9 Å². The molecule has 0 fully saturated rings. The van der Waals surface area contributed by atoms with E-state index in [1.54, 1.807) is 14.2 Å². The van der Waals surface area contributed by atoms with Crippen LogP contribution in [-0.2, 0) is 10.9 Å². The maximum absolute atomic E-state index is 12.9. The largest absolute Gasteiger partial charge is 0.418 e. The van der Waals surface area contributed by atoms with Crippen LogP contribution in [-0.4, -0.2) is 45.2 Å². The van der Waals surface area contributed by atoms with Crippen molar-refractivity contribution < 1.29 is 22.7 Å². The van der Waals surface area contributed by atoms with Crippen LogP contribution in [0.15, 0.2) is 18.2 Å². The Kier molecular flexibility index (Phi) is 6.02. The fraction of sp³-hybridized carbons (Fsp3) is 0.500. The van der Waals surface area contributed by atoms with E-state index in [1.165, 1.54) is 24.1 Å². The first-order valence-electron chi connectivity index (χ1n) is 6.44. The van der Waals surface area contributed by atoms with Gasteiger partial charge in [0.15, 0.2) is 0 Å². The third-order valence-electron chi connectivity index (χ3n) is 3.03. The van der Waals surface area contributed by atoms with E-state index in [0.717, 1.165) is 6.07 Å². The molecule has 1 rings (SSSR count). The van der Waals surface area contributed by atoms with Crippen LogP contribution in [0.25, 0.3) is 0 Å². The van der Waals surface area contributed by atoms with E-state index in [4.69, 9.17) is 4.74 Å². The van der Waals surface area contributed by atoms with Gasteiger partial charge in [0.05, 0.1) is 5.56 Å². The molecule has 1 N–H and O–H groups in total. The molecule has 0 aliphatic rings. The molecule has 0 heterocycles. The Bertz CT molecular complexity index is 490. The first-order chi connectivity index (χ1) is 9.81. The molecule has 0 aromatic heterocycles. The Morgan fingerprint density at radius 2 is 2.05 bits per heavy atom. The predicted octanol–water partition coefficient (Wildman–Crippen LogP) is 2.86. The molecule has 1 aromatic carbocycles. The number of amides is 1. The number of methoxy groups -OCH3 is 1. The lowest BCUT2D eigenvalue weighted by atomic mass is 10.1. The van der Waals surface area contributed by atoms with E-state index in [2.05, 4.69) is 5.32 Å². The number of carbonyl (C=O) groups is 1. The average Bonchev–Trinajstić information content (AvgIpc) is 2.45. The van der Waals surface area contributed by atoms with Crippen LogP contribution < -0.4 is 5.32 Å². The van der Waals surface area contributed by atoms with Crippen molar-refractivity contribution in [1.29, 1.82) is 0 Å². The van der Waals surface area contributed by atoms with Gasteiger partial charge in [-0.15, -0.1) is 0 Å². The van der Waals surface area contributed by atoms with Gasteiger partial charge in [-0.05, 0) is 24.6 Å². The number of hydrogen-bond donors (Lipinski definition) is 1. The molecule has 0 aliphatic carbocycles. The highest BCUT2D eigenvalue weighted by atomic mass is 19.4. The number of halogens is 3. The minimum Gasteiger partial charge on any atom is -0.388 e. The number of alkyl halides is 3. The molecule has 0 radical (unpaired) electrons. The molecule has 0 bridgehead atoms. The van der Waals surface area contributed by atoms with Gasteiger partial charge in [0.2, 0.25) is 0 Å². The second kappa shape index (κ2) is 7.31. The number of nitrogens with one attached hydrogen (secondary N) is 1. The minimum absolute atomic E-state index is 0.0150. The fourth-order valence-corrected chi connectivity index (χ4v) is 1.90. The van der Waals surface area contributed by atoms with Crippen molar-refractivity contribution >= 4 is 11.6 Å². The Morgan fingerprint density at radius 3 is 2.57 bits per heavy atom. The molecule has 0 aliphatic heterocycles. The Hall–Kier alpha value is -1.76. The lowest BCUT2D eigenvalue weighted by molar-refractivity contribution is -0.136. The van der Waals surface area contributed by atoms with Gasteiger partial charge >= 0.3 is 6.18 Å². The average molecular weight is 304 g/mol. The van der Waals surface area contributed by atoms with Crippen molar-refractivity contribution in [3.8, 4) is 0 Å². The standard InChI is InChI=1S/C14H19F3N2O2/c1-18-12-6-5-10(9-11(12)14(15,16)17)13(20)19(2)7-4-8-21-3/h5-6,9,18H,4,7-8H2,1-3H3. The zero-order valence-corrected chi connectivity index (χ0v) is 12.3. The highest BCUT2D eigenvalue weighted by Gasteiger charge is 2.34. The number of anilines is 1. The molecule has 0 saturated heterocycles. The summed E-state index contributed by atoms with van der Waals surface area (Å²) in [6.45, 7) is 0.909. The van der Waals surface area contributed by atoms with Gasteiger partial charge in [0, 0.05) is 45.6 Å². The van der Waals surface area contributed by atoms with Gasteiger partial charge in [-0.3, -0.25) is 4.79 Å². The summed E-state index contributed by atoms with van der Waals surface area (Å²) >= 11 is 0. The topological polar surface area (TPSA) is 41.6 Å². The molecule has 21 heavy (non-hydrogen) atoms. The van der Waals surface area contributed by atoms with Crippen molar-refractivity contribution in [1.82, 2.24) is 4.90 Å². The lowest BCUT2D eigenvalue weighted by Crippen LogP contribution is -2.28. The fourth-order valence-electron chi connectivity index (χ4n) is 1.90. The van der Waals surface area contributed by atoms with E-state index >= 15 is 0 Å². The van der Waals surface area contributed by atoms with Crippen LogP contribution in [0.3, 0.4) is 0 Å². The Balaban J connectivity index is 2.95. The molecule has 118 valence electrons. The first-order valence-corrected chi connectivity index (χ1v) is 6.44. The Labute approximate surface area is 121 Å². The molecular weight excluding hydrogens is 285 g/mol. The van der Waals surface area contributed by atoms with Gasteiger partial charge in [-0.25, -0.2) is 0 Å². The van der Waals surface area contributed by atoms with Crippen LogP contribution in [0.1, 0.15) is 22.3 Å². The summed E-state index contributed by atoms with van der Waals surface area (Å²) in [4.78, 5) is 13.5. The van der Waals surface area contributed by atoms with Crippen molar-refractivity contribution in [3.63, 3.8) is 0 Å². The molecule has 0 saturated carbocycles. The smallest absolute Gasteiger partial charge is 0.388 e. The SMILES string of the molecule is CNc1ccc(C(=O)N(C)CCCOC)cc1C(F)(F)F. The van der Waals surface area contributed by atoms with Gasteiger partial charge in [-0.1, -0.05) is 0 Å².